The van der Waals surface area contributed by atoms with Crippen molar-refractivity contribution in [3.8, 4) is 11.5 Å². The molecule has 1 aromatic rings. The molecular formula is C16H18N2O5. The molecule has 1 fully saturated rings. The van der Waals surface area contributed by atoms with Gasteiger partial charge in [-0.25, -0.2) is 4.79 Å². The summed E-state index contributed by atoms with van der Waals surface area (Å²) in [6.07, 6.45) is 1.36. The maximum atomic E-state index is 12.3. The van der Waals surface area contributed by atoms with Gasteiger partial charge >= 0.3 is 6.09 Å². The van der Waals surface area contributed by atoms with Crippen LogP contribution in [0.25, 0.3) is 0 Å². The van der Waals surface area contributed by atoms with Crippen LogP contribution in [0.5, 0.6) is 11.5 Å². The van der Waals surface area contributed by atoms with Gasteiger partial charge in [-0.2, -0.15) is 0 Å². The molecule has 0 saturated carbocycles. The van der Waals surface area contributed by atoms with E-state index in [0.29, 0.717) is 44.1 Å². The third-order valence-corrected chi connectivity index (χ3v) is 3.79. The van der Waals surface area contributed by atoms with Crippen LogP contribution < -0.4 is 4.74 Å². The third-order valence-electron chi connectivity index (χ3n) is 3.79. The predicted octanol–water partition coefficient (Wildman–Crippen LogP) is 1.58. The summed E-state index contributed by atoms with van der Waals surface area (Å²) in [6.45, 7) is 4.39. The molecule has 0 radical (unpaired) electrons. The highest BCUT2D eigenvalue weighted by molar-refractivity contribution is 6.12. The highest BCUT2D eigenvalue weighted by atomic mass is 16.6. The molecule has 1 N–H and O–H groups in total. The summed E-state index contributed by atoms with van der Waals surface area (Å²) < 4.78 is 10.5. The topological polar surface area (TPSA) is 79.3 Å². The normalized spacial score (nSPS) is 18.8. The molecule has 0 aromatic heterocycles. The van der Waals surface area contributed by atoms with Gasteiger partial charge in [-0.1, -0.05) is 0 Å². The SMILES string of the molecule is CCOC(=O)N1CCN(/C=C2\Oc3cc(O)ccc3C2=O)CC1. The van der Waals surface area contributed by atoms with Crippen molar-refractivity contribution in [1.29, 1.82) is 0 Å². The number of phenols is 1. The van der Waals surface area contributed by atoms with Crippen LogP contribution in [0.1, 0.15) is 17.3 Å². The number of carbonyl (C=O) groups excluding carboxylic acids is 2. The number of fused-ring (bicyclic) bond motifs is 1. The smallest absolute Gasteiger partial charge is 0.409 e. The Hall–Kier alpha value is -2.70. The van der Waals surface area contributed by atoms with Crippen LogP contribution in [0.2, 0.25) is 0 Å². The summed E-state index contributed by atoms with van der Waals surface area (Å²) in [7, 11) is 0. The number of amides is 1. The molecule has 1 saturated heterocycles. The van der Waals surface area contributed by atoms with Gasteiger partial charge in [-0.05, 0) is 19.1 Å². The van der Waals surface area contributed by atoms with Crippen LogP contribution in [0, 0.1) is 0 Å². The van der Waals surface area contributed by atoms with E-state index in [4.69, 9.17) is 9.47 Å². The van der Waals surface area contributed by atoms with Gasteiger partial charge in [-0.15, -0.1) is 0 Å². The van der Waals surface area contributed by atoms with Gasteiger partial charge in [0.15, 0.2) is 5.76 Å². The van der Waals surface area contributed by atoms with Crippen LogP contribution in [0.3, 0.4) is 0 Å². The van der Waals surface area contributed by atoms with Crippen molar-refractivity contribution in [2.45, 2.75) is 6.92 Å². The van der Waals surface area contributed by atoms with Gasteiger partial charge in [0, 0.05) is 38.4 Å². The molecule has 7 heteroatoms. The largest absolute Gasteiger partial charge is 0.508 e. The quantitative estimate of drug-likeness (QED) is 0.834. The van der Waals surface area contributed by atoms with Crippen molar-refractivity contribution in [2.75, 3.05) is 32.8 Å². The molecular weight excluding hydrogens is 300 g/mol. The standard InChI is InChI=1S/C16H18N2O5/c1-2-22-16(21)18-7-5-17(6-8-18)10-14-15(20)12-4-3-11(19)9-13(12)23-14/h3-4,9-10,19H,2,5-8H2,1H3/b14-10-. The number of piperazine rings is 1. The van der Waals surface area contributed by atoms with Crippen molar-refractivity contribution < 1.29 is 24.2 Å². The Morgan fingerprint density at radius 1 is 1.35 bits per heavy atom. The first-order valence-electron chi connectivity index (χ1n) is 7.51. The number of Topliss-reactive ketones (excluding diaryl/α,β-unsaturated/α-hetero) is 1. The van der Waals surface area contributed by atoms with Gasteiger partial charge < -0.3 is 24.4 Å². The molecule has 0 spiro atoms. The minimum atomic E-state index is -0.309. The number of carbonyl (C=O) groups is 2. The first-order chi connectivity index (χ1) is 11.1. The summed E-state index contributed by atoms with van der Waals surface area (Å²) in [6, 6.07) is 4.43. The number of rotatable bonds is 2. The molecule has 0 aliphatic carbocycles. The van der Waals surface area contributed by atoms with Crippen LogP contribution >= 0.6 is 0 Å². The molecule has 0 bridgehead atoms. The Kier molecular flexibility index (Phi) is 4.10. The van der Waals surface area contributed by atoms with Crippen LogP contribution in [0.15, 0.2) is 30.2 Å². The summed E-state index contributed by atoms with van der Waals surface area (Å²) in [5.41, 5.74) is 0.444. The fraction of sp³-hybridized carbons (Fsp3) is 0.375. The lowest BCUT2D eigenvalue weighted by atomic mass is 10.1. The van der Waals surface area contributed by atoms with Crippen molar-refractivity contribution in [2.24, 2.45) is 0 Å². The second-order valence-electron chi connectivity index (χ2n) is 5.33. The zero-order valence-corrected chi connectivity index (χ0v) is 12.8. The molecule has 122 valence electrons. The van der Waals surface area contributed by atoms with Crippen molar-refractivity contribution in [1.82, 2.24) is 9.80 Å². The van der Waals surface area contributed by atoms with E-state index in [-0.39, 0.29) is 23.4 Å². The maximum absolute atomic E-state index is 12.3. The van der Waals surface area contributed by atoms with Crippen LogP contribution in [-0.2, 0) is 4.74 Å². The summed E-state index contributed by atoms with van der Waals surface area (Å²) in [5, 5.41) is 9.44. The lowest BCUT2D eigenvalue weighted by Gasteiger charge is -2.33. The van der Waals surface area contributed by atoms with Crippen molar-refractivity contribution in [3.63, 3.8) is 0 Å². The van der Waals surface area contributed by atoms with Gasteiger partial charge in [0.05, 0.1) is 12.2 Å². The molecule has 2 aliphatic rings. The van der Waals surface area contributed by atoms with E-state index >= 15 is 0 Å². The molecule has 1 aromatic carbocycles. The first-order valence-corrected chi connectivity index (χ1v) is 7.51. The Bertz CT molecular complexity index is 662. The number of hydrogen-bond donors (Lipinski definition) is 1. The molecule has 1 amide bonds. The summed E-state index contributed by atoms with van der Waals surface area (Å²) in [4.78, 5) is 27.5. The van der Waals surface area contributed by atoms with Gasteiger partial charge in [0.25, 0.3) is 0 Å². The molecule has 23 heavy (non-hydrogen) atoms. The molecule has 2 aliphatic heterocycles. The second kappa shape index (κ2) is 6.20. The summed E-state index contributed by atoms with van der Waals surface area (Å²) in [5.74, 6) is 0.454. The minimum absolute atomic E-state index is 0.0563. The number of ketones is 1. The van der Waals surface area contributed by atoms with Crippen molar-refractivity contribution >= 4 is 11.9 Å². The van der Waals surface area contributed by atoms with E-state index in [1.54, 1.807) is 24.1 Å². The molecule has 0 atom stereocenters. The van der Waals surface area contributed by atoms with Gasteiger partial charge in [0.2, 0.25) is 5.78 Å². The Morgan fingerprint density at radius 3 is 2.78 bits per heavy atom. The number of aromatic hydroxyl groups is 1. The fourth-order valence-corrected chi connectivity index (χ4v) is 2.58. The van der Waals surface area contributed by atoms with E-state index < -0.39 is 0 Å². The number of phenolic OH excluding ortho intramolecular Hbond substituents is 1. The Labute approximate surface area is 133 Å². The highest BCUT2D eigenvalue weighted by Crippen LogP contribution is 2.33. The monoisotopic (exact) mass is 318 g/mol. The maximum Gasteiger partial charge on any atom is 0.409 e. The fourth-order valence-electron chi connectivity index (χ4n) is 2.58. The van der Waals surface area contributed by atoms with E-state index in [9.17, 15) is 14.7 Å². The van der Waals surface area contributed by atoms with E-state index in [1.165, 1.54) is 12.1 Å². The average Bonchev–Trinajstić information content (AvgIpc) is 2.83. The first kappa shape index (κ1) is 15.2. The highest BCUT2D eigenvalue weighted by Gasteiger charge is 2.29. The average molecular weight is 318 g/mol. The van der Waals surface area contributed by atoms with E-state index in [2.05, 4.69) is 0 Å². The summed E-state index contributed by atoms with van der Waals surface area (Å²) >= 11 is 0. The lowest BCUT2D eigenvalue weighted by Crippen LogP contribution is -2.47. The van der Waals surface area contributed by atoms with Gasteiger partial charge in [0.1, 0.15) is 11.5 Å². The number of ether oxygens (including phenoxy) is 2. The van der Waals surface area contributed by atoms with Crippen molar-refractivity contribution in [3.05, 3.63) is 35.7 Å². The number of allylic oxidation sites excluding steroid dienone is 1. The lowest BCUT2D eigenvalue weighted by molar-refractivity contribution is 0.0875. The second-order valence-corrected chi connectivity index (χ2v) is 5.33. The zero-order chi connectivity index (χ0) is 16.4. The van der Waals surface area contributed by atoms with Crippen LogP contribution in [0.4, 0.5) is 4.79 Å². The predicted molar refractivity (Wildman–Crippen MR) is 81.3 cm³/mol. The third kappa shape index (κ3) is 3.08. The molecule has 3 rings (SSSR count). The number of nitrogens with zero attached hydrogens (tertiary/aromatic N) is 2. The Morgan fingerprint density at radius 2 is 2.09 bits per heavy atom. The zero-order valence-electron chi connectivity index (χ0n) is 12.8. The van der Waals surface area contributed by atoms with E-state index in [1.807, 2.05) is 4.90 Å². The molecule has 0 unspecified atom stereocenters. The van der Waals surface area contributed by atoms with Gasteiger partial charge in [-0.3, -0.25) is 4.79 Å². The number of hydrogen-bond acceptors (Lipinski definition) is 6. The minimum Gasteiger partial charge on any atom is -0.508 e. The number of benzene rings is 1. The molecule has 7 nitrogen and oxygen atoms in total. The van der Waals surface area contributed by atoms with E-state index in [0.717, 1.165) is 0 Å². The molecule has 2 heterocycles. The van der Waals surface area contributed by atoms with Crippen LogP contribution in [-0.4, -0.2) is 59.6 Å². The Balaban J connectivity index is 1.64.